The predicted molar refractivity (Wildman–Crippen MR) is 95.1 cm³/mol. The van der Waals surface area contributed by atoms with Gasteiger partial charge in [0.25, 0.3) is 11.8 Å². The third kappa shape index (κ3) is 3.80. The van der Waals surface area contributed by atoms with Crippen LogP contribution in [0.15, 0.2) is 4.79 Å². The lowest BCUT2D eigenvalue weighted by molar-refractivity contribution is -0.129. The highest BCUT2D eigenvalue weighted by molar-refractivity contribution is 5.78. The summed E-state index contributed by atoms with van der Waals surface area (Å²) in [5.74, 6) is 0.0622. The molecular weight excluding hydrogens is 353 g/mol. The summed E-state index contributed by atoms with van der Waals surface area (Å²) in [6, 6.07) is 0. The van der Waals surface area contributed by atoms with Gasteiger partial charge in [-0.25, -0.2) is 4.79 Å². The molecule has 148 valence electrons. The Labute approximate surface area is 157 Å². The lowest BCUT2D eigenvalue weighted by Gasteiger charge is -2.56. The van der Waals surface area contributed by atoms with Crippen LogP contribution in [0.4, 0.5) is 4.39 Å². The van der Waals surface area contributed by atoms with E-state index in [-0.39, 0.29) is 30.0 Å². The molecule has 0 aromatic carbocycles. The molecule has 4 fully saturated rings. The van der Waals surface area contributed by atoms with E-state index in [1.165, 1.54) is 19.3 Å². The van der Waals surface area contributed by atoms with E-state index in [0.717, 1.165) is 19.3 Å². The van der Waals surface area contributed by atoms with Crippen molar-refractivity contribution in [3.05, 3.63) is 16.3 Å². The van der Waals surface area contributed by atoms with Crippen molar-refractivity contribution in [3.63, 3.8) is 0 Å². The third-order valence-electron chi connectivity index (χ3n) is 5.95. The molecule has 8 heteroatoms. The van der Waals surface area contributed by atoms with Gasteiger partial charge in [-0.1, -0.05) is 0 Å². The molecule has 4 aliphatic rings. The first kappa shape index (κ1) is 18.3. The van der Waals surface area contributed by atoms with Gasteiger partial charge >= 0.3 is 5.69 Å². The van der Waals surface area contributed by atoms with Gasteiger partial charge < -0.3 is 14.8 Å². The van der Waals surface area contributed by atoms with Crippen LogP contribution >= 0.6 is 0 Å². The normalized spacial score (nSPS) is 31.2. The fourth-order valence-electron chi connectivity index (χ4n) is 5.56. The fourth-order valence-corrected chi connectivity index (χ4v) is 5.56. The zero-order chi connectivity index (χ0) is 19.2. The smallest absolute Gasteiger partial charge is 0.351 e. The number of halogens is 1. The number of nitrogens with one attached hydrogen (secondary N) is 2. The second-order valence-corrected chi connectivity index (χ2v) is 8.69. The standard InChI is InChI=1S/C19H26FN3O4/c1-10(2)27-17-15(20)16(21-18(25)22-17)26-9-14(24)23-19-6-11-3-12(7-19)5-13(4-11)8-19/h10-13H,3-9H2,1-2H3,(H,23,24)(H,21,22,25). The van der Waals surface area contributed by atoms with Gasteiger partial charge in [-0.3, -0.25) is 9.78 Å². The zero-order valence-corrected chi connectivity index (χ0v) is 15.7. The van der Waals surface area contributed by atoms with Crippen LogP contribution in [0.5, 0.6) is 11.8 Å². The van der Waals surface area contributed by atoms with Gasteiger partial charge in [-0.2, -0.15) is 9.37 Å². The highest BCUT2D eigenvalue weighted by Crippen LogP contribution is 2.55. The molecule has 5 rings (SSSR count). The van der Waals surface area contributed by atoms with E-state index in [0.29, 0.717) is 17.8 Å². The molecule has 0 saturated heterocycles. The quantitative estimate of drug-likeness (QED) is 0.790. The number of hydrogen-bond acceptors (Lipinski definition) is 5. The summed E-state index contributed by atoms with van der Waals surface area (Å²) in [5, 5.41) is 3.14. The maximum absolute atomic E-state index is 14.4. The molecule has 0 spiro atoms. The molecule has 0 radical (unpaired) electrons. The molecule has 4 aliphatic carbocycles. The first-order valence-electron chi connectivity index (χ1n) is 9.72. The van der Waals surface area contributed by atoms with Crippen molar-refractivity contribution in [1.29, 1.82) is 0 Å². The molecule has 2 N–H and O–H groups in total. The average Bonchev–Trinajstić information content (AvgIpc) is 2.54. The Kier molecular flexibility index (Phi) is 4.60. The van der Waals surface area contributed by atoms with E-state index in [9.17, 15) is 14.0 Å². The molecular formula is C19H26FN3O4. The maximum atomic E-state index is 14.4. The lowest BCUT2D eigenvalue weighted by atomic mass is 9.53. The highest BCUT2D eigenvalue weighted by Gasteiger charge is 2.51. The van der Waals surface area contributed by atoms with Crippen molar-refractivity contribution < 1.29 is 18.7 Å². The monoisotopic (exact) mass is 379 g/mol. The summed E-state index contributed by atoms with van der Waals surface area (Å²) in [7, 11) is 0. The molecule has 0 aliphatic heterocycles. The van der Waals surface area contributed by atoms with E-state index in [1.54, 1.807) is 13.8 Å². The first-order valence-corrected chi connectivity index (χ1v) is 9.72. The van der Waals surface area contributed by atoms with Crippen LogP contribution < -0.4 is 20.5 Å². The summed E-state index contributed by atoms with van der Waals surface area (Å²) in [4.78, 5) is 29.7. The van der Waals surface area contributed by atoms with Crippen LogP contribution in [0.3, 0.4) is 0 Å². The molecule has 0 atom stereocenters. The Morgan fingerprint density at radius 1 is 1.26 bits per heavy atom. The van der Waals surface area contributed by atoms with Gasteiger partial charge in [0.05, 0.1) is 6.10 Å². The minimum atomic E-state index is -0.911. The van der Waals surface area contributed by atoms with E-state index in [2.05, 4.69) is 15.3 Å². The molecule has 27 heavy (non-hydrogen) atoms. The predicted octanol–water partition coefficient (Wildman–Crippen LogP) is 2.16. The highest BCUT2D eigenvalue weighted by atomic mass is 19.1. The van der Waals surface area contributed by atoms with Gasteiger partial charge in [-0.15, -0.1) is 0 Å². The van der Waals surface area contributed by atoms with Crippen LogP contribution in [0.1, 0.15) is 52.4 Å². The van der Waals surface area contributed by atoms with Gasteiger partial charge in [0.15, 0.2) is 6.61 Å². The van der Waals surface area contributed by atoms with Crippen LogP contribution in [-0.4, -0.2) is 34.1 Å². The van der Waals surface area contributed by atoms with Crippen molar-refractivity contribution in [3.8, 4) is 11.8 Å². The fraction of sp³-hybridized carbons (Fsp3) is 0.737. The zero-order valence-electron chi connectivity index (χ0n) is 15.7. The second kappa shape index (κ2) is 6.80. The molecule has 4 bridgehead atoms. The van der Waals surface area contributed by atoms with E-state index >= 15 is 0 Å². The molecule has 0 unspecified atom stereocenters. The Hall–Kier alpha value is -2.12. The Balaban J connectivity index is 1.40. The summed E-state index contributed by atoms with van der Waals surface area (Å²) >= 11 is 0. The van der Waals surface area contributed by atoms with E-state index < -0.39 is 17.4 Å². The number of nitrogens with zero attached hydrogens (tertiary/aromatic N) is 1. The van der Waals surface area contributed by atoms with E-state index in [4.69, 9.17) is 9.47 Å². The van der Waals surface area contributed by atoms with Crippen molar-refractivity contribution >= 4 is 5.91 Å². The van der Waals surface area contributed by atoms with Gasteiger partial charge in [-0.05, 0) is 70.1 Å². The van der Waals surface area contributed by atoms with Crippen molar-refractivity contribution in [2.45, 2.75) is 64.0 Å². The number of H-pyrrole nitrogens is 1. The summed E-state index contributed by atoms with van der Waals surface area (Å²) < 4.78 is 24.8. The Morgan fingerprint density at radius 3 is 2.41 bits per heavy atom. The van der Waals surface area contributed by atoms with Crippen LogP contribution in [0.25, 0.3) is 0 Å². The number of carbonyl (C=O) groups excluding carboxylic acids is 1. The summed E-state index contributed by atoms with van der Waals surface area (Å²) in [5.41, 5.74) is -0.926. The van der Waals surface area contributed by atoms with Crippen LogP contribution in [-0.2, 0) is 4.79 Å². The van der Waals surface area contributed by atoms with Crippen molar-refractivity contribution in [2.24, 2.45) is 17.8 Å². The van der Waals surface area contributed by atoms with Gasteiger partial charge in [0, 0.05) is 5.54 Å². The molecule has 4 saturated carbocycles. The minimum Gasteiger partial charge on any atom is -0.474 e. The molecule has 1 amide bonds. The average molecular weight is 379 g/mol. The molecule has 1 aromatic heterocycles. The lowest BCUT2D eigenvalue weighted by Crippen LogP contribution is -2.60. The van der Waals surface area contributed by atoms with Crippen molar-refractivity contribution in [1.82, 2.24) is 15.3 Å². The number of ether oxygens (including phenoxy) is 2. The van der Waals surface area contributed by atoms with Crippen molar-refractivity contribution in [2.75, 3.05) is 6.61 Å². The van der Waals surface area contributed by atoms with Crippen LogP contribution in [0.2, 0.25) is 0 Å². The molecule has 1 heterocycles. The maximum Gasteiger partial charge on any atom is 0.351 e. The summed E-state index contributed by atoms with van der Waals surface area (Å²) in [6.07, 6.45) is 6.59. The minimum absolute atomic E-state index is 0.138. The molecule has 7 nitrogen and oxygen atoms in total. The van der Waals surface area contributed by atoms with Crippen LogP contribution in [0, 0.1) is 23.6 Å². The third-order valence-corrected chi connectivity index (χ3v) is 5.95. The second-order valence-electron chi connectivity index (χ2n) is 8.69. The number of aromatic amines is 1. The van der Waals surface area contributed by atoms with Gasteiger partial charge in [0.1, 0.15) is 0 Å². The number of amides is 1. The number of aromatic nitrogens is 2. The summed E-state index contributed by atoms with van der Waals surface area (Å²) in [6.45, 7) is 3.03. The number of hydrogen-bond donors (Lipinski definition) is 2. The van der Waals surface area contributed by atoms with E-state index in [1.807, 2.05) is 0 Å². The number of rotatable bonds is 6. The Bertz CT molecular complexity index is 756. The molecule has 1 aromatic rings. The Morgan fingerprint density at radius 2 is 1.85 bits per heavy atom. The SMILES string of the molecule is CC(C)Oc1[nH]c(=O)nc(OCC(=O)NC23CC4CC(CC(C4)C2)C3)c1F. The topological polar surface area (TPSA) is 93.3 Å². The first-order chi connectivity index (χ1) is 12.8. The van der Waals surface area contributed by atoms with Gasteiger partial charge in [0.2, 0.25) is 11.7 Å². The number of carbonyl (C=O) groups is 1. The largest absolute Gasteiger partial charge is 0.474 e.